The van der Waals surface area contributed by atoms with Crippen molar-refractivity contribution < 1.29 is 32.3 Å². The van der Waals surface area contributed by atoms with Gasteiger partial charge in [0.1, 0.15) is 5.69 Å². The molecule has 3 amide bonds. The largest absolute Gasteiger partial charge is 0.433 e. The molecule has 1 aromatic carbocycles. The first-order valence-electron chi connectivity index (χ1n) is 8.65. The second-order valence-corrected chi connectivity index (χ2v) is 6.65. The van der Waals surface area contributed by atoms with E-state index in [1.54, 1.807) is 0 Å². The molecule has 12 heteroatoms. The van der Waals surface area contributed by atoms with Gasteiger partial charge in [0.25, 0.3) is 17.7 Å². The summed E-state index contributed by atoms with van der Waals surface area (Å²) < 4.78 is 38.5. The Morgan fingerprint density at radius 1 is 1.06 bits per heavy atom. The zero-order valence-electron chi connectivity index (χ0n) is 16.1. The predicted molar refractivity (Wildman–Crippen MR) is 105 cm³/mol. The number of rotatable bonds is 6. The quantitative estimate of drug-likeness (QED) is 0.577. The summed E-state index contributed by atoms with van der Waals surface area (Å²) in [6, 6.07) is 4.26. The zero-order valence-corrected chi connectivity index (χ0v) is 16.9. The highest BCUT2D eigenvalue weighted by Gasteiger charge is 2.33. The maximum Gasteiger partial charge on any atom is 0.433 e. The van der Waals surface area contributed by atoms with E-state index in [4.69, 9.17) is 11.6 Å². The molecule has 0 fully saturated rings. The number of benzene rings is 1. The van der Waals surface area contributed by atoms with Crippen LogP contribution in [-0.4, -0.2) is 41.6 Å². The summed E-state index contributed by atoms with van der Waals surface area (Å²) in [7, 11) is 1.25. The van der Waals surface area contributed by atoms with E-state index in [9.17, 15) is 32.3 Å². The number of hydrogen-bond acceptors (Lipinski definition) is 5. The molecular weight excluding hydrogens is 441 g/mol. The lowest BCUT2D eigenvalue weighted by Gasteiger charge is -2.15. The van der Waals surface area contributed by atoms with Gasteiger partial charge >= 0.3 is 6.18 Å². The number of carbonyl (C=O) groups is 4. The third-order valence-corrected chi connectivity index (χ3v) is 4.21. The highest BCUT2D eigenvalue weighted by atomic mass is 35.5. The minimum Gasteiger partial charge on any atom is -0.353 e. The van der Waals surface area contributed by atoms with Crippen molar-refractivity contribution in [2.45, 2.75) is 19.1 Å². The summed E-state index contributed by atoms with van der Waals surface area (Å²) in [6.45, 7) is 1.29. The van der Waals surface area contributed by atoms with E-state index in [0.717, 1.165) is 12.3 Å². The summed E-state index contributed by atoms with van der Waals surface area (Å²) in [6.07, 6.45) is -3.91. The molecule has 0 saturated carbocycles. The predicted octanol–water partition coefficient (Wildman–Crippen LogP) is 2.44. The molecule has 0 aliphatic carbocycles. The summed E-state index contributed by atoms with van der Waals surface area (Å²) in [5, 5.41) is 6.89. The van der Waals surface area contributed by atoms with Crippen molar-refractivity contribution in [1.82, 2.24) is 15.6 Å². The van der Waals surface area contributed by atoms with E-state index in [-0.39, 0.29) is 21.8 Å². The first-order chi connectivity index (χ1) is 14.4. The first-order valence-corrected chi connectivity index (χ1v) is 9.02. The third kappa shape index (κ3) is 6.01. The van der Waals surface area contributed by atoms with Gasteiger partial charge in [-0.1, -0.05) is 11.6 Å². The number of halogens is 4. The smallest absolute Gasteiger partial charge is 0.353 e. The number of nitrogens with zero attached hydrogens (tertiary/aromatic N) is 1. The average molecular weight is 457 g/mol. The van der Waals surface area contributed by atoms with Crippen LogP contribution in [0.1, 0.15) is 33.3 Å². The summed E-state index contributed by atoms with van der Waals surface area (Å²) in [5.41, 5.74) is -1.83. The van der Waals surface area contributed by atoms with Gasteiger partial charge in [-0.05, 0) is 37.3 Å². The molecule has 1 unspecified atom stereocenters. The first kappa shape index (κ1) is 23.8. The van der Waals surface area contributed by atoms with Gasteiger partial charge in [0, 0.05) is 23.8 Å². The Hall–Kier alpha value is -3.47. The van der Waals surface area contributed by atoms with Crippen molar-refractivity contribution >= 4 is 40.8 Å². The summed E-state index contributed by atoms with van der Waals surface area (Å²) in [5.74, 6) is -3.59. The summed E-state index contributed by atoms with van der Waals surface area (Å²) >= 11 is 5.90. The maximum atomic E-state index is 12.8. The van der Waals surface area contributed by atoms with Gasteiger partial charge in [0.15, 0.2) is 0 Å². The Morgan fingerprint density at radius 3 is 2.35 bits per heavy atom. The number of Topliss-reactive ketones (excluding diaryl/α,β-unsaturated/α-hetero) is 1. The van der Waals surface area contributed by atoms with Crippen LogP contribution in [0.3, 0.4) is 0 Å². The number of likely N-dealkylation sites (N-methyl/N-ethyl adjacent to an activating group) is 1. The lowest BCUT2D eigenvalue weighted by molar-refractivity contribution is -0.141. The van der Waals surface area contributed by atoms with Crippen LogP contribution in [0.15, 0.2) is 36.5 Å². The fourth-order valence-corrected chi connectivity index (χ4v) is 2.57. The number of ketones is 1. The maximum absolute atomic E-state index is 12.8. The van der Waals surface area contributed by atoms with Crippen molar-refractivity contribution in [1.29, 1.82) is 0 Å². The van der Waals surface area contributed by atoms with Gasteiger partial charge in [0.2, 0.25) is 5.78 Å². The zero-order chi connectivity index (χ0) is 23.3. The van der Waals surface area contributed by atoms with Crippen LogP contribution in [0.2, 0.25) is 5.02 Å². The van der Waals surface area contributed by atoms with Crippen molar-refractivity contribution in [3.8, 4) is 0 Å². The molecule has 0 bridgehead atoms. The van der Waals surface area contributed by atoms with Gasteiger partial charge in [-0.15, -0.1) is 0 Å². The lowest BCUT2D eigenvalue weighted by Crippen LogP contribution is -2.45. The number of hydrogen-bond donors (Lipinski definition) is 3. The van der Waals surface area contributed by atoms with E-state index >= 15 is 0 Å². The van der Waals surface area contributed by atoms with Crippen LogP contribution < -0.4 is 16.0 Å². The normalized spacial score (nSPS) is 11.9. The van der Waals surface area contributed by atoms with Crippen molar-refractivity contribution in [2.75, 3.05) is 12.4 Å². The number of nitrogens with one attached hydrogen (secondary N) is 3. The second-order valence-electron chi connectivity index (χ2n) is 6.21. The number of pyridine rings is 1. The van der Waals surface area contributed by atoms with Gasteiger partial charge in [-0.2, -0.15) is 13.2 Å². The highest BCUT2D eigenvalue weighted by molar-refractivity contribution is 6.38. The minimum atomic E-state index is -4.74. The Labute approximate surface area is 179 Å². The molecule has 0 radical (unpaired) electrons. The molecule has 0 saturated heterocycles. The lowest BCUT2D eigenvalue weighted by atomic mass is 10.1. The monoisotopic (exact) mass is 456 g/mol. The molecule has 164 valence electrons. The van der Waals surface area contributed by atoms with E-state index in [2.05, 4.69) is 20.9 Å². The molecule has 31 heavy (non-hydrogen) atoms. The van der Waals surface area contributed by atoms with E-state index in [1.807, 2.05) is 0 Å². The Kier molecular flexibility index (Phi) is 7.34. The molecular formula is C19H16ClF3N4O4. The Balaban J connectivity index is 2.27. The second kappa shape index (κ2) is 9.56. The number of amides is 3. The molecule has 0 aliphatic rings. The van der Waals surface area contributed by atoms with Crippen LogP contribution in [-0.2, 0) is 15.8 Å². The molecule has 1 heterocycles. The summed E-state index contributed by atoms with van der Waals surface area (Å²) in [4.78, 5) is 51.5. The number of carbonyl (C=O) groups excluding carboxylic acids is 4. The molecule has 3 N–H and O–H groups in total. The van der Waals surface area contributed by atoms with Crippen molar-refractivity contribution in [3.05, 3.63) is 58.4 Å². The molecule has 0 aliphatic heterocycles. The van der Waals surface area contributed by atoms with Crippen LogP contribution in [0.4, 0.5) is 18.9 Å². The van der Waals surface area contributed by atoms with Crippen LogP contribution in [0.5, 0.6) is 0 Å². The number of aromatic nitrogens is 1. The van der Waals surface area contributed by atoms with Crippen LogP contribution in [0, 0.1) is 0 Å². The van der Waals surface area contributed by atoms with Crippen molar-refractivity contribution in [3.63, 3.8) is 0 Å². The van der Waals surface area contributed by atoms with Crippen LogP contribution in [0.25, 0.3) is 0 Å². The number of anilines is 1. The molecule has 2 aromatic rings. The fourth-order valence-electron chi connectivity index (χ4n) is 2.39. The van der Waals surface area contributed by atoms with Gasteiger partial charge in [-0.25, -0.2) is 0 Å². The standard InChI is InChI=1S/C19H16ClF3N4O4/c1-9(15(28)18(31)24-2)26-17(30)12-8-11(20)3-4-13(12)27-16(29)10-5-6-25-14(7-10)19(21,22)23/h3-9H,1-2H3,(H,24,31)(H,26,30)(H,27,29). The number of alkyl halides is 3. The van der Waals surface area contributed by atoms with Crippen LogP contribution >= 0.6 is 11.6 Å². The topological polar surface area (TPSA) is 117 Å². The highest BCUT2D eigenvalue weighted by Crippen LogP contribution is 2.28. The van der Waals surface area contributed by atoms with Crippen molar-refractivity contribution in [2.24, 2.45) is 0 Å². The van der Waals surface area contributed by atoms with E-state index in [1.165, 1.54) is 32.2 Å². The van der Waals surface area contributed by atoms with Gasteiger partial charge in [0.05, 0.1) is 17.3 Å². The molecule has 1 atom stereocenters. The fraction of sp³-hybridized carbons (Fsp3) is 0.211. The average Bonchev–Trinajstić information content (AvgIpc) is 2.73. The van der Waals surface area contributed by atoms with E-state index in [0.29, 0.717) is 6.07 Å². The molecule has 2 rings (SSSR count). The molecule has 8 nitrogen and oxygen atoms in total. The molecule has 0 spiro atoms. The Bertz CT molecular complexity index is 1040. The van der Waals surface area contributed by atoms with Gasteiger partial charge in [-0.3, -0.25) is 24.2 Å². The minimum absolute atomic E-state index is 0.0723. The Morgan fingerprint density at radius 2 is 1.74 bits per heavy atom. The van der Waals surface area contributed by atoms with Gasteiger partial charge < -0.3 is 16.0 Å². The third-order valence-electron chi connectivity index (χ3n) is 3.98. The van der Waals surface area contributed by atoms with E-state index < -0.39 is 41.4 Å². The molecule has 1 aromatic heterocycles. The SMILES string of the molecule is CNC(=O)C(=O)C(C)NC(=O)c1cc(Cl)ccc1NC(=O)c1ccnc(C(F)(F)F)c1.